The van der Waals surface area contributed by atoms with Crippen LogP contribution in [-0.2, 0) is 28.5 Å². The normalized spacial score (nSPS) is 19.2. The Balaban J connectivity index is 1.48. The van der Waals surface area contributed by atoms with Crippen molar-refractivity contribution < 1.29 is 46.9 Å². The molecule has 0 bridgehead atoms. The Bertz CT molecular complexity index is 1130. The SMILES string of the molecule is CC(=O)OC[C@H]1CN(c2ccc(-c3ccc(N4C[C@H](COC(C)=O)OC4=O)cc3F)c(F)c2)C(=O)O1. The topological polar surface area (TPSA) is 112 Å². The van der Waals surface area contributed by atoms with E-state index < -0.39 is 48.0 Å². The van der Waals surface area contributed by atoms with Crippen LogP contribution in [0.1, 0.15) is 13.8 Å². The Morgan fingerprint density at radius 2 is 1.19 bits per heavy atom. The first kappa shape index (κ1) is 24.9. The van der Waals surface area contributed by atoms with Gasteiger partial charge in [0.2, 0.25) is 0 Å². The molecule has 4 rings (SSSR count). The zero-order valence-corrected chi connectivity index (χ0v) is 19.4. The minimum absolute atomic E-state index is 0.0523. The predicted octanol–water partition coefficient (Wildman–Crippen LogP) is 3.41. The van der Waals surface area contributed by atoms with Crippen LogP contribution >= 0.6 is 0 Å². The molecule has 0 unspecified atom stereocenters. The van der Waals surface area contributed by atoms with Gasteiger partial charge in [-0.1, -0.05) is 0 Å². The highest BCUT2D eigenvalue weighted by Crippen LogP contribution is 2.33. The van der Waals surface area contributed by atoms with Gasteiger partial charge in [-0.2, -0.15) is 0 Å². The lowest BCUT2D eigenvalue weighted by molar-refractivity contribution is -0.144. The van der Waals surface area contributed by atoms with Gasteiger partial charge in [0.1, 0.15) is 24.8 Å². The minimum atomic E-state index is -0.780. The molecule has 10 nitrogen and oxygen atoms in total. The Labute approximate surface area is 204 Å². The van der Waals surface area contributed by atoms with Crippen LogP contribution in [0.4, 0.5) is 29.7 Å². The molecule has 2 fully saturated rings. The van der Waals surface area contributed by atoms with E-state index in [0.29, 0.717) is 0 Å². The fourth-order valence-electron chi connectivity index (χ4n) is 3.84. The highest BCUT2D eigenvalue weighted by molar-refractivity contribution is 5.91. The van der Waals surface area contributed by atoms with Crippen molar-refractivity contribution in [2.24, 2.45) is 0 Å². The van der Waals surface area contributed by atoms with E-state index in [1.54, 1.807) is 0 Å². The van der Waals surface area contributed by atoms with Crippen LogP contribution in [0, 0.1) is 11.6 Å². The van der Waals surface area contributed by atoms with E-state index in [9.17, 15) is 28.0 Å². The number of anilines is 2. The Hall–Kier alpha value is -4.22. The first-order chi connectivity index (χ1) is 17.1. The van der Waals surface area contributed by atoms with Crippen LogP contribution in [0.3, 0.4) is 0 Å². The number of amides is 2. The van der Waals surface area contributed by atoms with Crippen molar-refractivity contribution in [1.82, 2.24) is 0 Å². The average Bonchev–Trinajstić information content (AvgIpc) is 3.38. The molecule has 0 spiro atoms. The molecule has 2 amide bonds. The molecule has 2 saturated heterocycles. The molecule has 0 aromatic heterocycles. The molecule has 0 saturated carbocycles. The van der Waals surface area contributed by atoms with Crippen LogP contribution in [0.5, 0.6) is 0 Å². The summed E-state index contributed by atoms with van der Waals surface area (Å²) in [6.07, 6.45) is -2.83. The second-order valence-corrected chi connectivity index (χ2v) is 8.17. The lowest BCUT2D eigenvalue weighted by Crippen LogP contribution is -2.26. The van der Waals surface area contributed by atoms with E-state index in [2.05, 4.69) is 0 Å². The maximum absolute atomic E-state index is 15.0. The lowest BCUT2D eigenvalue weighted by Gasteiger charge is -2.16. The monoisotopic (exact) mass is 504 g/mol. The first-order valence-corrected chi connectivity index (χ1v) is 10.9. The minimum Gasteiger partial charge on any atom is -0.462 e. The fraction of sp³-hybridized carbons (Fsp3) is 0.333. The molecule has 2 aromatic carbocycles. The third-order valence-electron chi connectivity index (χ3n) is 5.51. The number of esters is 2. The Morgan fingerprint density at radius 1 is 0.806 bits per heavy atom. The summed E-state index contributed by atoms with van der Waals surface area (Å²) in [5, 5.41) is 0. The van der Waals surface area contributed by atoms with Crippen molar-refractivity contribution in [3.05, 3.63) is 48.0 Å². The lowest BCUT2D eigenvalue weighted by atomic mass is 10.0. The summed E-state index contributed by atoms with van der Waals surface area (Å²) in [5.74, 6) is -2.59. The van der Waals surface area contributed by atoms with E-state index in [1.165, 1.54) is 47.9 Å². The molecule has 2 atom stereocenters. The summed E-state index contributed by atoms with van der Waals surface area (Å²) in [5.41, 5.74) is 0.289. The largest absolute Gasteiger partial charge is 0.462 e. The van der Waals surface area contributed by atoms with Gasteiger partial charge < -0.3 is 18.9 Å². The molecular weight excluding hydrogens is 482 g/mol. The predicted molar refractivity (Wildman–Crippen MR) is 120 cm³/mol. The number of nitrogens with zero attached hydrogens (tertiary/aromatic N) is 2. The standard InChI is InChI=1S/C24H22F2N2O8/c1-13(29)33-11-17-9-27(23(31)35-17)15-3-5-19(21(25)7-15)20-6-4-16(8-22(20)26)28-10-18(36-24(28)32)12-34-14(2)30/h3-8,17-18H,9-12H2,1-2H3/t17-,18-/m1/s1. The van der Waals surface area contributed by atoms with Crippen LogP contribution in [0.2, 0.25) is 0 Å². The number of benzene rings is 2. The fourth-order valence-corrected chi connectivity index (χ4v) is 3.84. The van der Waals surface area contributed by atoms with E-state index in [1.807, 2.05) is 0 Å². The smallest absolute Gasteiger partial charge is 0.414 e. The number of rotatable bonds is 7. The van der Waals surface area contributed by atoms with Gasteiger partial charge in [-0.25, -0.2) is 18.4 Å². The molecule has 36 heavy (non-hydrogen) atoms. The van der Waals surface area contributed by atoms with E-state index in [0.717, 1.165) is 12.1 Å². The Morgan fingerprint density at radius 3 is 1.53 bits per heavy atom. The van der Waals surface area contributed by atoms with Crippen LogP contribution in [0.15, 0.2) is 36.4 Å². The Kier molecular flexibility index (Phi) is 7.04. The number of hydrogen-bond acceptors (Lipinski definition) is 8. The van der Waals surface area contributed by atoms with E-state index in [-0.39, 0.29) is 48.8 Å². The van der Waals surface area contributed by atoms with Gasteiger partial charge in [-0.05, 0) is 36.4 Å². The van der Waals surface area contributed by atoms with Gasteiger partial charge in [0.15, 0.2) is 12.2 Å². The zero-order valence-electron chi connectivity index (χ0n) is 19.4. The van der Waals surface area contributed by atoms with Gasteiger partial charge in [0.05, 0.1) is 24.5 Å². The average molecular weight is 504 g/mol. The van der Waals surface area contributed by atoms with Crippen molar-refractivity contribution in [2.45, 2.75) is 26.1 Å². The number of hydrogen-bond donors (Lipinski definition) is 0. The molecule has 2 aliphatic rings. The number of carbonyl (C=O) groups excluding carboxylic acids is 4. The summed E-state index contributed by atoms with van der Waals surface area (Å²) in [6, 6.07) is 7.70. The number of cyclic esters (lactones) is 2. The van der Waals surface area contributed by atoms with Gasteiger partial charge in [-0.15, -0.1) is 0 Å². The van der Waals surface area contributed by atoms with Crippen molar-refractivity contribution in [1.29, 1.82) is 0 Å². The molecule has 12 heteroatoms. The molecule has 0 radical (unpaired) electrons. The van der Waals surface area contributed by atoms with E-state index >= 15 is 0 Å². The molecule has 0 aliphatic carbocycles. The van der Waals surface area contributed by atoms with Gasteiger partial charge >= 0.3 is 24.1 Å². The van der Waals surface area contributed by atoms with Crippen molar-refractivity contribution in [2.75, 3.05) is 36.1 Å². The van der Waals surface area contributed by atoms with Crippen LogP contribution in [-0.4, -0.2) is 62.6 Å². The van der Waals surface area contributed by atoms with Gasteiger partial charge in [-0.3, -0.25) is 19.4 Å². The van der Waals surface area contributed by atoms with Crippen molar-refractivity contribution in [3.8, 4) is 11.1 Å². The highest BCUT2D eigenvalue weighted by atomic mass is 19.1. The number of ether oxygens (including phenoxy) is 4. The van der Waals surface area contributed by atoms with Gasteiger partial charge in [0, 0.05) is 25.0 Å². The number of halogens is 2. The van der Waals surface area contributed by atoms with E-state index in [4.69, 9.17) is 18.9 Å². The van der Waals surface area contributed by atoms with Crippen LogP contribution < -0.4 is 9.80 Å². The highest BCUT2D eigenvalue weighted by Gasteiger charge is 2.35. The zero-order chi connectivity index (χ0) is 26.0. The maximum atomic E-state index is 15.0. The third kappa shape index (κ3) is 5.37. The quantitative estimate of drug-likeness (QED) is 0.417. The third-order valence-corrected chi connectivity index (χ3v) is 5.51. The summed E-state index contributed by atoms with van der Waals surface area (Å²) < 4.78 is 49.9. The molecule has 190 valence electrons. The summed E-state index contributed by atoms with van der Waals surface area (Å²) in [6.45, 7) is 2.33. The maximum Gasteiger partial charge on any atom is 0.414 e. The van der Waals surface area contributed by atoms with Gasteiger partial charge in [0.25, 0.3) is 0 Å². The molecule has 2 aliphatic heterocycles. The summed E-state index contributed by atoms with van der Waals surface area (Å²) >= 11 is 0. The molecule has 2 heterocycles. The van der Waals surface area contributed by atoms with Crippen molar-refractivity contribution in [3.63, 3.8) is 0 Å². The summed E-state index contributed by atoms with van der Waals surface area (Å²) in [7, 11) is 0. The second-order valence-electron chi connectivity index (χ2n) is 8.17. The van der Waals surface area contributed by atoms with Crippen LogP contribution in [0.25, 0.3) is 11.1 Å². The first-order valence-electron chi connectivity index (χ1n) is 10.9. The summed E-state index contributed by atoms with van der Waals surface area (Å²) in [4.78, 5) is 48.6. The number of carbonyl (C=O) groups is 4. The second kappa shape index (κ2) is 10.2. The molecule has 0 N–H and O–H groups in total. The molecular formula is C24H22F2N2O8. The van der Waals surface area contributed by atoms with Crippen molar-refractivity contribution >= 4 is 35.5 Å². The molecule has 2 aromatic rings.